The lowest BCUT2D eigenvalue weighted by Gasteiger charge is -1.91. The van der Waals surface area contributed by atoms with Gasteiger partial charge in [0.05, 0.1) is 0 Å². The first kappa shape index (κ1) is 26.3. The normalized spacial score (nSPS) is 8.69. The van der Waals surface area contributed by atoms with Crippen LogP contribution in [0.1, 0.15) is 50.7 Å². The van der Waals surface area contributed by atoms with Gasteiger partial charge in [-0.1, -0.05) is 58.0 Å². The van der Waals surface area contributed by atoms with Gasteiger partial charge in [0.15, 0.2) is 0 Å². The predicted molar refractivity (Wildman–Crippen MR) is 126 cm³/mol. The summed E-state index contributed by atoms with van der Waals surface area (Å²) < 4.78 is 0. The summed E-state index contributed by atoms with van der Waals surface area (Å²) >= 11 is 1.66. The van der Waals surface area contributed by atoms with Crippen LogP contribution < -0.4 is 0 Å². The summed E-state index contributed by atoms with van der Waals surface area (Å²) in [6, 6.07) is 10.2. The molecule has 0 aliphatic heterocycles. The van der Waals surface area contributed by atoms with Crippen molar-refractivity contribution in [3.8, 4) is 10.6 Å². The summed E-state index contributed by atoms with van der Waals surface area (Å²) in [6.07, 6.45) is 5.46. The van der Waals surface area contributed by atoms with Gasteiger partial charge in [0, 0.05) is 40.9 Å². The third-order valence-corrected chi connectivity index (χ3v) is 3.94. The molecule has 2 N–H and O–H groups in total. The Balaban J connectivity index is 0.000000386. The number of H-pyrrole nitrogens is 2. The van der Waals surface area contributed by atoms with Gasteiger partial charge >= 0.3 is 0 Å². The Labute approximate surface area is 179 Å². The number of nitrogens with one attached hydrogen (secondary N) is 2. The first-order valence-corrected chi connectivity index (χ1v) is 10.8. The molecular weight excluding hydrogens is 378 g/mol. The summed E-state index contributed by atoms with van der Waals surface area (Å²) in [5, 5.41) is 3.08. The average molecular weight is 414 g/mol. The topological polar surface area (TPSA) is 70.2 Å². The van der Waals surface area contributed by atoms with Gasteiger partial charge in [0.25, 0.3) is 0 Å². The number of hydrogen-bond acceptors (Lipinski definition) is 4. The molecule has 0 aliphatic rings. The molecule has 1 aromatic carbocycles. The van der Waals surface area contributed by atoms with Gasteiger partial charge in [-0.3, -0.25) is 0 Å². The number of nitrogens with zero attached hydrogens (tertiary/aromatic N) is 3. The Kier molecular flexibility index (Phi) is 14.7. The molecule has 6 heteroatoms. The number of aryl methyl sites for hydroxylation is 4. The van der Waals surface area contributed by atoms with Crippen LogP contribution in [0.2, 0.25) is 0 Å². The van der Waals surface area contributed by atoms with Crippen LogP contribution in [0.5, 0.6) is 0 Å². The van der Waals surface area contributed by atoms with E-state index in [-0.39, 0.29) is 0 Å². The molecule has 0 unspecified atom stereocenters. The zero-order chi connectivity index (χ0) is 22.1. The van der Waals surface area contributed by atoms with Crippen molar-refractivity contribution < 1.29 is 0 Å². The fourth-order valence-corrected chi connectivity index (χ4v) is 2.68. The monoisotopic (exact) mass is 413 g/mol. The maximum atomic E-state index is 4.20. The number of thiazole rings is 1. The molecule has 0 bridgehead atoms. The van der Waals surface area contributed by atoms with Crippen molar-refractivity contribution in [2.24, 2.45) is 0 Å². The molecule has 4 aromatic rings. The number of hydrogen-bond donors (Lipinski definition) is 2. The Morgan fingerprint density at radius 3 is 1.45 bits per heavy atom. The summed E-state index contributed by atoms with van der Waals surface area (Å²) in [6.45, 7) is 15.8. The number of aromatic amines is 2. The highest BCUT2D eigenvalue weighted by Gasteiger charge is 1.95. The van der Waals surface area contributed by atoms with E-state index in [2.05, 4.69) is 37.1 Å². The summed E-state index contributed by atoms with van der Waals surface area (Å²) in [5.74, 6) is 1.97. The van der Waals surface area contributed by atoms with E-state index >= 15 is 0 Å². The largest absolute Gasteiger partial charge is 0.346 e. The van der Waals surface area contributed by atoms with E-state index in [1.54, 1.807) is 11.3 Å². The molecule has 0 fully saturated rings. The van der Waals surface area contributed by atoms with Crippen LogP contribution in [0.25, 0.3) is 10.6 Å². The molecule has 4 rings (SSSR count). The molecule has 158 valence electrons. The van der Waals surface area contributed by atoms with Crippen LogP contribution >= 0.6 is 11.3 Å². The van der Waals surface area contributed by atoms with E-state index in [9.17, 15) is 0 Å². The first-order chi connectivity index (χ1) is 14.0. The second-order valence-electron chi connectivity index (χ2n) is 5.51. The highest BCUT2D eigenvalue weighted by atomic mass is 32.1. The van der Waals surface area contributed by atoms with Crippen LogP contribution in [0.15, 0.2) is 54.3 Å². The van der Waals surface area contributed by atoms with Crippen LogP contribution in [0.4, 0.5) is 0 Å². The molecule has 0 spiro atoms. The van der Waals surface area contributed by atoms with Crippen molar-refractivity contribution >= 4 is 11.3 Å². The van der Waals surface area contributed by atoms with Crippen molar-refractivity contribution in [1.29, 1.82) is 0 Å². The number of imidazole rings is 2. The standard InChI is InChI=1S/C9H7NS.2C5H8N2.2C2H6/c1-2-4-8(5-3-1)9-10-6-7-11-9;2*1-4-3-6-5(2)7-4;2*1-2/h1-7H;2*3H,1-2H3,(H,6,7);2*1-2H3. The summed E-state index contributed by atoms with van der Waals surface area (Å²) in [7, 11) is 0. The lowest BCUT2D eigenvalue weighted by atomic mass is 10.2. The quantitative estimate of drug-likeness (QED) is 0.356. The third-order valence-electron chi connectivity index (χ3n) is 3.11. The van der Waals surface area contributed by atoms with Crippen molar-refractivity contribution in [3.05, 3.63) is 77.3 Å². The first-order valence-electron chi connectivity index (χ1n) is 9.96. The van der Waals surface area contributed by atoms with E-state index in [1.807, 2.05) is 97.6 Å². The van der Waals surface area contributed by atoms with E-state index in [1.165, 1.54) is 5.56 Å². The van der Waals surface area contributed by atoms with Gasteiger partial charge in [0.2, 0.25) is 0 Å². The van der Waals surface area contributed by atoms with Gasteiger partial charge in [-0.15, -0.1) is 11.3 Å². The van der Waals surface area contributed by atoms with Gasteiger partial charge in [-0.2, -0.15) is 0 Å². The number of aromatic nitrogens is 5. The fourth-order valence-electron chi connectivity index (χ4n) is 2.03. The van der Waals surface area contributed by atoms with Crippen LogP contribution in [-0.4, -0.2) is 24.9 Å². The lowest BCUT2D eigenvalue weighted by molar-refractivity contribution is 1.13. The third kappa shape index (κ3) is 11.7. The molecule has 0 saturated carbocycles. The SMILES string of the molecule is CC.CC.Cc1cnc(C)[nH]1.Cc1cnc(C)[nH]1.c1ccc(-c2nccs2)cc1. The molecule has 29 heavy (non-hydrogen) atoms. The molecule has 0 aliphatic carbocycles. The van der Waals surface area contributed by atoms with Gasteiger partial charge in [-0.05, 0) is 27.7 Å². The van der Waals surface area contributed by atoms with Gasteiger partial charge < -0.3 is 9.97 Å². The molecule has 5 nitrogen and oxygen atoms in total. The van der Waals surface area contributed by atoms with E-state index < -0.39 is 0 Å². The smallest absolute Gasteiger partial charge is 0.123 e. The van der Waals surface area contributed by atoms with E-state index in [0.717, 1.165) is 28.0 Å². The van der Waals surface area contributed by atoms with E-state index in [0.29, 0.717) is 0 Å². The van der Waals surface area contributed by atoms with E-state index in [4.69, 9.17) is 0 Å². The maximum Gasteiger partial charge on any atom is 0.123 e. The zero-order valence-corrected chi connectivity index (χ0v) is 19.8. The number of rotatable bonds is 1. The Morgan fingerprint density at radius 1 is 0.690 bits per heavy atom. The zero-order valence-electron chi connectivity index (χ0n) is 18.9. The molecule has 0 atom stereocenters. The Hall–Kier alpha value is -2.73. The minimum absolute atomic E-state index is 0.984. The van der Waals surface area contributed by atoms with Gasteiger partial charge in [-0.25, -0.2) is 15.0 Å². The molecule has 0 saturated heterocycles. The molecule has 3 heterocycles. The molecular formula is C23H35N5S. The predicted octanol–water partition coefficient (Wildman–Crippen LogP) is 6.92. The second-order valence-corrected chi connectivity index (χ2v) is 6.40. The van der Waals surface area contributed by atoms with Crippen molar-refractivity contribution in [3.63, 3.8) is 0 Å². The summed E-state index contributed by atoms with van der Waals surface area (Å²) in [4.78, 5) is 18.2. The highest BCUT2D eigenvalue weighted by Crippen LogP contribution is 2.20. The Bertz CT molecular complexity index is 777. The minimum Gasteiger partial charge on any atom is -0.346 e. The lowest BCUT2D eigenvalue weighted by Crippen LogP contribution is -1.71. The average Bonchev–Trinajstić information content (AvgIpc) is 3.50. The van der Waals surface area contributed by atoms with Crippen molar-refractivity contribution in [2.45, 2.75) is 55.4 Å². The summed E-state index contributed by atoms with van der Waals surface area (Å²) in [5.41, 5.74) is 3.44. The maximum absolute atomic E-state index is 4.20. The van der Waals surface area contributed by atoms with Crippen LogP contribution in [-0.2, 0) is 0 Å². The molecule has 0 radical (unpaired) electrons. The Morgan fingerprint density at radius 2 is 1.17 bits per heavy atom. The minimum atomic E-state index is 0.984. The highest BCUT2D eigenvalue weighted by molar-refractivity contribution is 7.13. The number of benzene rings is 1. The second kappa shape index (κ2) is 16.2. The molecule has 3 aromatic heterocycles. The van der Waals surface area contributed by atoms with Crippen LogP contribution in [0.3, 0.4) is 0 Å². The van der Waals surface area contributed by atoms with Gasteiger partial charge in [0.1, 0.15) is 16.7 Å². The molecule has 0 amide bonds. The van der Waals surface area contributed by atoms with Crippen molar-refractivity contribution in [2.75, 3.05) is 0 Å². The van der Waals surface area contributed by atoms with Crippen LogP contribution in [0, 0.1) is 27.7 Å². The van der Waals surface area contributed by atoms with Crippen molar-refractivity contribution in [1.82, 2.24) is 24.9 Å². The fraction of sp³-hybridized carbons (Fsp3) is 0.348.